The van der Waals surface area contributed by atoms with E-state index in [1.54, 1.807) is 6.07 Å². The summed E-state index contributed by atoms with van der Waals surface area (Å²) in [5.74, 6) is 3.28. The lowest BCUT2D eigenvalue weighted by Crippen LogP contribution is -2.35. The third kappa shape index (κ3) is 5.41. The fraction of sp³-hybridized carbons (Fsp3) is 0.542. The number of nitrogens with zero attached hydrogens (tertiary/aromatic N) is 2. The third-order valence-corrected chi connectivity index (χ3v) is 5.89. The second kappa shape index (κ2) is 9.04. The molecule has 2 aromatic rings. The average Bonchev–Trinajstić information content (AvgIpc) is 3.47. The lowest BCUT2D eigenvalue weighted by Gasteiger charge is -2.21. The predicted octanol–water partition coefficient (Wildman–Crippen LogP) is 4.54. The van der Waals surface area contributed by atoms with E-state index >= 15 is 0 Å². The topological polar surface area (TPSA) is 45.9 Å². The second-order valence-corrected chi connectivity index (χ2v) is 8.67. The molecule has 1 amide bonds. The fourth-order valence-electron chi connectivity index (χ4n) is 3.85. The number of benzene rings is 1. The van der Waals surface area contributed by atoms with E-state index in [0.29, 0.717) is 24.0 Å². The molecular weight excluding hydrogens is 364 g/mol. The van der Waals surface area contributed by atoms with E-state index in [1.807, 2.05) is 23.1 Å². The van der Waals surface area contributed by atoms with Crippen molar-refractivity contribution in [3.05, 3.63) is 53.5 Å². The maximum absolute atomic E-state index is 12.9. The summed E-state index contributed by atoms with van der Waals surface area (Å²) in [7, 11) is 0. The van der Waals surface area contributed by atoms with Crippen molar-refractivity contribution in [2.24, 2.45) is 5.92 Å². The number of ether oxygens (including phenoxy) is 1. The van der Waals surface area contributed by atoms with E-state index in [-0.39, 0.29) is 5.91 Å². The lowest BCUT2D eigenvalue weighted by molar-refractivity contribution is 0.0725. The van der Waals surface area contributed by atoms with Crippen molar-refractivity contribution in [2.75, 3.05) is 32.7 Å². The molecule has 2 aliphatic rings. The van der Waals surface area contributed by atoms with Crippen LogP contribution < -0.4 is 4.74 Å². The standard InChI is InChI=1S/C24H32N2O3/c1-18(2)20-6-8-21(9-7-20)28-17-22-10-11-23(29-22)24(27)26-13-3-12-25(14-15-26)16-19-4-5-19/h6-11,18-19H,3-5,12-17H2,1-2H3. The Morgan fingerprint density at radius 3 is 2.59 bits per heavy atom. The molecule has 0 N–H and O–H groups in total. The quantitative estimate of drug-likeness (QED) is 0.689. The number of amides is 1. The molecule has 2 heterocycles. The van der Waals surface area contributed by atoms with Crippen LogP contribution in [0.2, 0.25) is 0 Å². The Balaban J connectivity index is 1.29. The van der Waals surface area contributed by atoms with Gasteiger partial charge < -0.3 is 19.0 Å². The van der Waals surface area contributed by atoms with Crippen molar-refractivity contribution in [1.82, 2.24) is 9.80 Å². The SMILES string of the molecule is CC(C)c1ccc(OCc2ccc(C(=O)N3CCCN(CC4CC4)CC3)o2)cc1. The van der Waals surface area contributed by atoms with E-state index in [0.717, 1.165) is 44.3 Å². The van der Waals surface area contributed by atoms with E-state index in [9.17, 15) is 4.79 Å². The summed E-state index contributed by atoms with van der Waals surface area (Å²) in [6, 6.07) is 11.7. The Morgan fingerprint density at radius 2 is 1.86 bits per heavy atom. The van der Waals surface area contributed by atoms with Crippen LogP contribution in [0.3, 0.4) is 0 Å². The van der Waals surface area contributed by atoms with Crippen LogP contribution in [-0.4, -0.2) is 48.4 Å². The van der Waals surface area contributed by atoms with Gasteiger partial charge in [0.05, 0.1) is 0 Å². The highest BCUT2D eigenvalue weighted by atomic mass is 16.5. The number of hydrogen-bond donors (Lipinski definition) is 0. The molecule has 5 heteroatoms. The highest BCUT2D eigenvalue weighted by Gasteiger charge is 2.27. The largest absolute Gasteiger partial charge is 0.486 e. The Labute approximate surface area is 173 Å². The Kier molecular flexibility index (Phi) is 6.24. The van der Waals surface area contributed by atoms with Gasteiger partial charge in [-0.15, -0.1) is 0 Å². The highest BCUT2D eigenvalue weighted by molar-refractivity contribution is 5.91. The van der Waals surface area contributed by atoms with Gasteiger partial charge in [-0.1, -0.05) is 26.0 Å². The molecule has 0 radical (unpaired) electrons. The first-order valence-corrected chi connectivity index (χ1v) is 10.9. The molecule has 0 bridgehead atoms. The van der Waals surface area contributed by atoms with Crippen molar-refractivity contribution in [2.45, 2.75) is 45.6 Å². The molecule has 1 saturated heterocycles. The monoisotopic (exact) mass is 396 g/mol. The van der Waals surface area contributed by atoms with Gasteiger partial charge in [-0.05, 0) is 67.5 Å². The molecule has 1 aliphatic heterocycles. The Hall–Kier alpha value is -2.27. The molecule has 0 spiro atoms. The van der Waals surface area contributed by atoms with E-state index in [2.05, 4.69) is 30.9 Å². The van der Waals surface area contributed by atoms with Gasteiger partial charge in [0.15, 0.2) is 5.76 Å². The number of carbonyl (C=O) groups is 1. The molecule has 1 aromatic carbocycles. The number of furan rings is 1. The van der Waals surface area contributed by atoms with Crippen LogP contribution >= 0.6 is 0 Å². The maximum Gasteiger partial charge on any atom is 0.289 e. The van der Waals surface area contributed by atoms with Crippen molar-refractivity contribution in [3.8, 4) is 5.75 Å². The minimum absolute atomic E-state index is 0.00851. The van der Waals surface area contributed by atoms with Gasteiger partial charge >= 0.3 is 0 Å². The van der Waals surface area contributed by atoms with Crippen LogP contribution in [-0.2, 0) is 6.61 Å². The lowest BCUT2D eigenvalue weighted by atomic mass is 10.0. The van der Waals surface area contributed by atoms with Gasteiger partial charge in [0.1, 0.15) is 18.1 Å². The Morgan fingerprint density at radius 1 is 1.07 bits per heavy atom. The van der Waals surface area contributed by atoms with Crippen LogP contribution in [0.4, 0.5) is 0 Å². The molecule has 1 saturated carbocycles. The summed E-state index contributed by atoms with van der Waals surface area (Å²) in [5, 5.41) is 0. The predicted molar refractivity (Wildman–Crippen MR) is 113 cm³/mol. The molecule has 1 aromatic heterocycles. The summed E-state index contributed by atoms with van der Waals surface area (Å²) >= 11 is 0. The first-order valence-electron chi connectivity index (χ1n) is 10.9. The van der Waals surface area contributed by atoms with Gasteiger partial charge in [-0.2, -0.15) is 0 Å². The van der Waals surface area contributed by atoms with E-state index in [1.165, 1.54) is 24.9 Å². The van der Waals surface area contributed by atoms with Gasteiger partial charge in [0, 0.05) is 26.2 Å². The fourth-order valence-corrected chi connectivity index (χ4v) is 3.85. The zero-order valence-electron chi connectivity index (χ0n) is 17.6. The summed E-state index contributed by atoms with van der Waals surface area (Å²) in [6.07, 6.45) is 3.78. The number of rotatable bonds is 7. The second-order valence-electron chi connectivity index (χ2n) is 8.67. The van der Waals surface area contributed by atoms with Crippen LogP contribution in [0.5, 0.6) is 5.75 Å². The van der Waals surface area contributed by atoms with Gasteiger partial charge in [0.2, 0.25) is 0 Å². The highest BCUT2D eigenvalue weighted by Crippen LogP contribution is 2.30. The summed E-state index contributed by atoms with van der Waals surface area (Å²) in [4.78, 5) is 17.3. The van der Waals surface area contributed by atoms with Crippen molar-refractivity contribution < 1.29 is 13.9 Å². The summed E-state index contributed by atoms with van der Waals surface area (Å²) in [6.45, 7) is 9.50. The minimum Gasteiger partial charge on any atom is -0.486 e. The normalized spacial score (nSPS) is 18.1. The molecule has 29 heavy (non-hydrogen) atoms. The Bertz CT molecular complexity index is 808. The third-order valence-electron chi connectivity index (χ3n) is 5.89. The molecule has 156 valence electrons. The minimum atomic E-state index is -0.00851. The van der Waals surface area contributed by atoms with Crippen molar-refractivity contribution >= 4 is 5.91 Å². The molecule has 1 aliphatic carbocycles. The summed E-state index contributed by atoms with van der Waals surface area (Å²) < 4.78 is 11.6. The van der Waals surface area contributed by atoms with E-state index in [4.69, 9.17) is 9.15 Å². The smallest absolute Gasteiger partial charge is 0.289 e. The molecule has 2 fully saturated rings. The first kappa shape index (κ1) is 20.0. The molecule has 0 atom stereocenters. The average molecular weight is 397 g/mol. The first-order chi connectivity index (χ1) is 14.1. The zero-order valence-corrected chi connectivity index (χ0v) is 17.6. The number of carbonyl (C=O) groups excluding carboxylic acids is 1. The van der Waals surface area contributed by atoms with Crippen LogP contribution in [0.1, 0.15) is 60.9 Å². The van der Waals surface area contributed by atoms with Gasteiger partial charge in [-0.25, -0.2) is 0 Å². The van der Waals surface area contributed by atoms with Crippen molar-refractivity contribution in [1.29, 1.82) is 0 Å². The molecule has 4 rings (SSSR count). The molecule has 0 unspecified atom stereocenters. The zero-order chi connectivity index (χ0) is 20.2. The molecule has 5 nitrogen and oxygen atoms in total. The van der Waals surface area contributed by atoms with Gasteiger partial charge in [-0.3, -0.25) is 4.79 Å². The van der Waals surface area contributed by atoms with Crippen LogP contribution in [0.25, 0.3) is 0 Å². The van der Waals surface area contributed by atoms with Crippen LogP contribution in [0.15, 0.2) is 40.8 Å². The maximum atomic E-state index is 12.9. The van der Waals surface area contributed by atoms with E-state index < -0.39 is 0 Å². The number of hydrogen-bond acceptors (Lipinski definition) is 4. The van der Waals surface area contributed by atoms with Crippen molar-refractivity contribution in [3.63, 3.8) is 0 Å². The summed E-state index contributed by atoms with van der Waals surface area (Å²) in [5.41, 5.74) is 1.29. The molecular formula is C24H32N2O3. The van der Waals surface area contributed by atoms with Crippen LogP contribution in [0, 0.1) is 5.92 Å². The van der Waals surface area contributed by atoms with Gasteiger partial charge in [0.25, 0.3) is 5.91 Å².